The minimum Gasteiger partial charge on any atom is -0.301 e. The lowest BCUT2D eigenvalue weighted by atomic mass is 9.78. The molecule has 3 rings (SSSR count). The van der Waals surface area contributed by atoms with Gasteiger partial charge in [0.2, 0.25) is 0 Å². The van der Waals surface area contributed by atoms with Crippen LogP contribution in [0.2, 0.25) is 0 Å². The van der Waals surface area contributed by atoms with Crippen LogP contribution in [0.5, 0.6) is 0 Å². The molecule has 2 saturated heterocycles. The van der Waals surface area contributed by atoms with Crippen molar-refractivity contribution in [1.82, 2.24) is 9.80 Å². The SMILES string of the molecule is C1CC[C@@H](CN2CCSCC2)[C@H](CN2CCSCC2)C1. The van der Waals surface area contributed by atoms with E-state index in [-0.39, 0.29) is 0 Å². The Morgan fingerprint density at radius 2 is 1.05 bits per heavy atom. The maximum absolute atomic E-state index is 2.76. The van der Waals surface area contributed by atoms with Crippen LogP contribution >= 0.6 is 23.5 Å². The molecule has 4 heteroatoms. The van der Waals surface area contributed by atoms with Crippen LogP contribution in [0.1, 0.15) is 25.7 Å². The molecule has 0 aromatic carbocycles. The molecule has 0 unspecified atom stereocenters. The van der Waals surface area contributed by atoms with E-state index in [2.05, 4.69) is 33.3 Å². The fraction of sp³-hybridized carbons (Fsp3) is 1.00. The van der Waals surface area contributed by atoms with Crippen LogP contribution in [-0.4, -0.2) is 72.1 Å². The Labute approximate surface area is 133 Å². The van der Waals surface area contributed by atoms with E-state index in [1.165, 1.54) is 88.0 Å². The normalized spacial score (nSPS) is 34.2. The second-order valence-corrected chi connectivity index (χ2v) is 9.08. The third kappa shape index (κ3) is 4.56. The molecule has 3 aliphatic rings. The van der Waals surface area contributed by atoms with Crippen molar-refractivity contribution in [2.24, 2.45) is 11.8 Å². The molecule has 2 aliphatic heterocycles. The van der Waals surface area contributed by atoms with Gasteiger partial charge in [-0.3, -0.25) is 0 Å². The van der Waals surface area contributed by atoms with Gasteiger partial charge in [-0.25, -0.2) is 0 Å². The van der Waals surface area contributed by atoms with Crippen molar-refractivity contribution in [2.75, 3.05) is 62.3 Å². The first-order valence-electron chi connectivity index (χ1n) is 8.52. The fourth-order valence-corrected chi connectivity index (χ4v) is 5.95. The van der Waals surface area contributed by atoms with Crippen LogP contribution in [0.25, 0.3) is 0 Å². The minimum atomic E-state index is 0.987. The van der Waals surface area contributed by atoms with Crippen molar-refractivity contribution in [1.29, 1.82) is 0 Å². The van der Waals surface area contributed by atoms with Crippen molar-refractivity contribution < 1.29 is 0 Å². The number of nitrogens with zero attached hydrogens (tertiary/aromatic N) is 2. The maximum atomic E-state index is 2.76. The van der Waals surface area contributed by atoms with Gasteiger partial charge in [0.05, 0.1) is 0 Å². The first-order valence-corrected chi connectivity index (χ1v) is 10.8. The molecule has 2 atom stereocenters. The molecule has 116 valence electrons. The van der Waals surface area contributed by atoms with Gasteiger partial charge in [-0.1, -0.05) is 12.8 Å². The number of hydrogen-bond donors (Lipinski definition) is 0. The van der Waals surface area contributed by atoms with Crippen LogP contribution in [0, 0.1) is 11.8 Å². The van der Waals surface area contributed by atoms with Crippen molar-refractivity contribution >= 4 is 23.5 Å². The standard InChI is InChI=1S/C16H30N2S2/c1-2-4-16(14-18-7-11-20-12-8-18)15(3-1)13-17-5-9-19-10-6-17/h15-16H,1-14H2/t15-,16-/m0/s1. The summed E-state index contributed by atoms with van der Waals surface area (Å²) in [5, 5.41) is 0. The van der Waals surface area contributed by atoms with Crippen LogP contribution in [0.15, 0.2) is 0 Å². The summed E-state index contributed by atoms with van der Waals surface area (Å²) < 4.78 is 0. The largest absolute Gasteiger partial charge is 0.301 e. The minimum absolute atomic E-state index is 0.987. The predicted molar refractivity (Wildman–Crippen MR) is 93.0 cm³/mol. The Bertz CT molecular complexity index is 248. The van der Waals surface area contributed by atoms with Gasteiger partial charge in [-0.2, -0.15) is 23.5 Å². The average Bonchev–Trinajstić information content (AvgIpc) is 2.51. The molecule has 0 aromatic heterocycles. The lowest BCUT2D eigenvalue weighted by molar-refractivity contribution is 0.121. The lowest BCUT2D eigenvalue weighted by Gasteiger charge is -2.39. The lowest BCUT2D eigenvalue weighted by Crippen LogP contribution is -2.44. The molecule has 0 radical (unpaired) electrons. The van der Waals surface area contributed by atoms with Gasteiger partial charge in [0.1, 0.15) is 0 Å². The first-order chi connectivity index (χ1) is 9.92. The molecule has 20 heavy (non-hydrogen) atoms. The molecule has 1 aliphatic carbocycles. The summed E-state index contributed by atoms with van der Waals surface area (Å²) >= 11 is 4.28. The molecule has 0 amide bonds. The fourth-order valence-electron chi connectivity index (χ4n) is 4.00. The molecular weight excluding hydrogens is 284 g/mol. The summed E-state index contributed by atoms with van der Waals surface area (Å²) in [4.78, 5) is 5.51. The number of thioether (sulfide) groups is 2. The summed E-state index contributed by atoms with van der Waals surface area (Å²) in [5.74, 6) is 7.42. The highest BCUT2D eigenvalue weighted by molar-refractivity contribution is 7.99. The van der Waals surface area contributed by atoms with Gasteiger partial charge >= 0.3 is 0 Å². The summed E-state index contributed by atoms with van der Waals surface area (Å²) in [6.45, 7) is 8.16. The van der Waals surface area contributed by atoms with E-state index in [4.69, 9.17) is 0 Å². The van der Waals surface area contributed by atoms with Crippen LogP contribution < -0.4 is 0 Å². The maximum Gasteiger partial charge on any atom is 0.00728 e. The molecule has 0 spiro atoms. The highest BCUT2D eigenvalue weighted by Crippen LogP contribution is 2.32. The van der Waals surface area contributed by atoms with Gasteiger partial charge in [0.25, 0.3) is 0 Å². The smallest absolute Gasteiger partial charge is 0.00728 e. The highest BCUT2D eigenvalue weighted by atomic mass is 32.2. The second-order valence-electron chi connectivity index (χ2n) is 6.63. The van der Waals surface area contributed by atoms with Crippen molar-refractivity contribution in [3.05, 3.63) is 0 Å². The molecule has 0 N–H and O–H groups in total. The Balaban J connectivity index is 1.49. The van der Waals surface area contributed by atoms with Gasteiger partial charge in [-0.05, 0) is 24.7 Å². The van der Waals surface area contributed by atoms with Crippen LogP contribution in [0.4, 0.5) is 0 Å². The van der Waals surface area contributed by atoms with Crippen molar-refractivity contribution in [2.45, 2.75) is 25.7 Å². The van der Waals surface area contributed by atoms with E-state index in [1.807, 2.05) is 0 Å². The monoisotopic (exact) mass is 314 g/mol. The Morgan fingerprint density at radius 3 is 1.45 bits per heavy atom. The van der Waals surface area contributed by atoms with Crippen molar-refractivity contribution in [3.63, 3.8) is 0 Å². The Kier molecular flexibility index (Phi) is 6.44. The molecule has 2 heterocycles. The Morgan fingerprint density at radius 1 is 0.650 bits per heavy atom. The average molecular weight is 315 g/mol. The third-order valence-corrected chi connectivity index (χ3v) is 7.14. The zero-order valence-electron chi connectivity index (χ0n) is 12.8. The van der Waals surface area contributed by atoms with E-state index >= 15 is 0 Å². The summed E-state index contributed by atoms with van der Waals surface area (Å²) in [6.07, 6.45) is 5.97. The third-order valence-electron chi connectivity index (χ3n) is 5.26. The van der Waals surface area contributed by atoms with Crippen LogP contribution in [-0.2, 0) is 0 Å². The van der Waals surface area contributed by atoms with Gasteiger partial charge in [0.15, 0.2) is 0 Å². The van der Waals surface area contributed by atoms with Gasteiger partial charge < -0.3 is 9.80 Å². The summed E-state index contributed by atoms with van der Waals surface area (Å²) in [7, 11) is 0. The zero-order valence-corrected chi connectivity index (χ0v) is 14.4. The zero-order chi connectivity index (χ0) is 13.6. The van der Waals surface area contributed by atoms with E-state index in [9.17, 15) is 0 Å². The van der Waals surface area contributed by atoms with E-state index in [1.54, 1.807) is 0 Å². The molecule has 3 fully saturated rings. The van der Waals surface area contributed by atoms with E-state index in [0.29, 0.717) is 0 Å². The number of hydrogen-bond acceptors (Lipinski definition) is 4. The van der Waals surface area contributed by atoms with Gasteiger partial charge in [-0.15, -0.1) is 0 Å². The molecule has 1 saturated carbocycles. The molecule has 0 bridgehead atoms. The van der Waals surface area contributed by atoms with Gasteiger partial charge in [0, 0.05) is 62.3 Å². The molecule has 2 nitrogen and oxygen atoms in total. The van der Waals surface area contributed by atoms with Crippen LogP contribution in [0.3, 0.4) is 0 Å². The molecular formula is C16H30N2S2. The first kappa shape index (κ1) is 15.5. The molecule has 0 aromatic rings. The van der Waals surface area contributed by atoms with Crippen molar-refractivity contribution in [3.8, 4) is 0 Å². The predicted octanol–water partition coefficient (Wildman–Crippen LogP) is 2.89. The Hall–Kier alpha value is 0.620. The highest BCUT2D eigenvalue weighted by Gasteiger charge is 2.29. The second kappa shape index (κ2) is 8.30. The van der Waals surface area contributed by atoms with E-state index < -0.39 is 0 Å². The quantitative estimate of drug-likeness (QED) is 0.787. The topological polar surface area (TPSA) is 6.48 Å². The van der Waals surface area contributed by atoms with E-state index in [0.717, 1.165) is 11.8 Å². The summed E-state index contributed by atoms with van der Waals surface area (Å²) in [5.41, 5.74) is 0. The number of rotatable bonds is 4. The summed E-state index contributed by atoms with van der Waals surface area (Å²) in [6, 6.07) is 0.